The molecule has 0 amide bonds. The maximum atomic E-state index is 13.9. The number of anilines is 2. The SMILES string of the molecule is O=C(O)c1cccc(F)c1Nc1cnn(-c2ccccc2)c1. The van der Waals surface area contributed by atoms with Crippen molar-refractivity contribution in [3.63, 3.8) is 0 Å². The molecule has 1 heterocycles. The molecule has 0 fully saturated rings. The van der Waals surface area contributed by atoms with Crippen LogP contribution in [-0.2, 0) is 0 Å². The van der Waals surface area contributed by atoms with E-state index in [0.717, 1.165) is 5.69 Å². The summed E-state index contributed by atoms with van der Waals surface area (Å²) in [4.78, 5) is 11.2. The zero-order valence-corrected chi connectivity index (χ0v) is 11.4. The van der Waals surface area contributed by atoms with Crippen molar-refractivity contribution in [1.29, 1.82) is 0 Å². The van der Waals surface area contributed by atoms with Gasteiger partial charge in [-0.1, -0.05) is 24.3 Å². The van der Waals surface area contributed by atoms with Crippen LogP contribution in [0.5, 0.6) is 0 Å². The molecule has 3 aromatic rings. The van der Waals surface area contributed by atoms with Crippen LogP contribution in [-0.4, -0.2) is 20.9 Å². The first kappa shape index (κ1) is 13.8. The van der Waals surface area contributed by atoms with Gasteiger partial charge in [0.25, 0.3) is 0 Å². The molecule has 0 saturated carbocycles. The van der Waals surface area contributed by atoms with Crippen molar-refractivity contribution in [2.75, 3.05) is 5.32 Å². The second-order valence-electron chi connectivity index (χ2n) is 4.60. The molecular weight excluding hydrogens is 285 g/mol. The Morgan fingerprint density at radius 2 is 1.91 bits per heavy atom. The van der Waals surface area contributed by atoms with E-state index in [4.69, 9.17) is 5.11 Å². The number of nitrogens with one attached hydrogen (secondary N) is 1. The predicted octanol–water partition coefficient (Wildman–Crippen LogP) is 3.45. The number of benzene rings is 2. The van der Waals surface area contributed by atoms with Gasteiger partial charge in [-0.25, -0.2) is 13.9 Å². The van der Waals surface area contributed by atoms with E-state index in [1.807, 2.05) is 30.3 Å². The minimum atomic E-state index is -1.20. The Morgan fingerprint density at radius 1 is 1.14 bits per heavy atom. The summed E-state index contributed by atoms with van der Waals surface area (Å²) in [5.41, 5.74) is 1.13. The second kappa shape index (κ2) is 5.69. The molecule has 0 saturated heterocycles. The fraction of sp³-hybridized carbons (Fsp3) is 0. The number of rotatable bonds is 4. The topological polar surface area (TPSA) is 67.2 Å². The number of hydrogen-bond donors (Lipinski definition) is 2. The molecule has 0 aliphatic heterocycles. The van der Waals surface area contributed by atoms with E-state index in [1.165, 1.54) is 24.4 Å². The third-order valence-electron chi connectivity index (χ3n) is 3.12. The Labute approximate surface area is 125 Å². The van der Waals surface area contributed by atoms with E-state index in [0.29, 0.717) is 5.69 Å². The molecule has 22 heavy (non-hydrogen) atoms. The van der Waals surface area contributed by atoms with Gasteiger partial charge in [-0.15, -0.1) is 0 Å². The molecule has 0 aliphatic rings. The van der Waals surface area contributed by atoms with E-state index >= 15 is 0 Å². The van der Waals surface area contributed by atoms with E-state index in [1.54, 1.807) is 10.9 Å². The molecule has 5 nitrogen and oxygen atoms in total. The lowest BCUT2D eigenvalue weighted by Crippen LogP contribution is -2.04. The number of nitrogens with zero attached hydrogens (tertiary/aromatic N) is 2. The lowest BCUT2D eigenvalue weighted by atomic mass is 10.1. The molecule has 110 valence electrons. The number of carboxylic acids is 1. The van der Waals surface area contributed by atoms with Crippen LogP contribution in [0.4, 0.5) is 15.8 Å². The molecule has 0 bridgehead atoms. The van der Waals surface area contributed by atoms with Crippen LogP contribution in [0.25, 0.3) is 5.69 Å². The van der Waals surface area contributed by atoms with Crippen molar-refractivity contribution in [2.24, 2.45) is 0 Å². The Bertz CT molecular complexity index is 815. The zero-order valence-electron chi connectivity index (χ0n) is 11.4. The summed E-state index contributed by atoms with van der Waals surface area (Å²) in [7, 11) is 0. The molecule has 1 aromatic heterocycles. The van der Waals surface area contributed by atoms with Crippen LogP contribution < -0.4 is 5.32 Å². The number of carboxylic acid groups (broad SMARTS) is 1. The van der Waals surface area contributed by atoms with Crippen molar-refractivity contribution < 1.29 is 14.3 Å². The lowest BCUT2D eigenvalue weighted by Gasteiger charge is -2.08. The van der Waals surface area contributed by atoms with Gasteiger partial charge in [0.05, 0.1) is 35.0 Å². The maximum Gasteiger partial charge on any atom is 0.337 e. The molecule has 0 radical (unpaired) electrons. The van der Waals surface area contributed by atoms with Crippen LogP contribution >= 0.6 is 0 Å². The average Bonchev–Trinajstić information content (AvgIpc) is 2.98. The van der Waals surface area contributed by atoms with E-state index in [9.17, 15) is 9.18 Å². The Hall–Kier alpha value is -3.15. The van der Waals surface area contributed by atoms with E-state index in [2.05, 4.69) is 10.4 Å². The smallest absolute Gasteiger partial charge is 0.337 e. The van der Waals surface area contributed by atoms with E-state index < -0.39 is 11.8 Å². The summed E-state index contributed by atoms with van der Waals surface area (Å²) in [5, 5.41) is 16.1. The molecule has 0 atom stereocenters. The predicted molar refractivity (Wildman–Crippen MR) is 80.2 cm³/mol. The first-order chi connectivity index (χ1) is 10.6. The molecular formula is C16H12FN3O2. The first-order valence-electron chi connectivity index (χ1n) is 6.54. The number of aromatic nitrogens is 2. The van der Waals surface area contributed by atoms with Gasteiger partial charge in [0.2, 0.25) is 0 Å². The highest BCUT2D eigenvalue weighted by Gasteiger charge is 2.15. The second-order valence-corrected chi connectivity index (χ2v) is 4.60. The van der Waals surface area contributed by atoms with Gasteiger partial charge in [0.15, 0.2) is 0 Å². The average molecular weight is 297 g/mol. The Morgan fingerprint density at radius 3 is 2.64 bits per heavy atom. The van der Waals surface area contributed by atoms with Crippen molar-refractivity contribution in [2.45, 2.75) is 0 Å². The summed E-state index contributed by atoms with van der Waals surface area (Å²) in [6, 6.07) is 13.3. The van der Waals surface area contributed by atoms with Crippen LogP contribution in [0.15, 0.2) is 60.9 Å². The van der Waals surface area contributed by atoms with Crippen LogP contribution in [0, 0.1) is 5.82 Å². The van der Waals surface area contributed by atoms with Gasteiger partial charge >= 0.3 is 5.97 Å². The highest BCUT2D eigenvalue weighted by Crippen LogP contribution is 2.24. The van der Waals surface area contributed by atoms with E-state index in [-0.39, 0.29) is 11.3 Å². The van der Waals surface area contributed by atoms with Gasteiger partial charge in [-0.05, 0) is 24.3 Å². The molecule has 6 heteroatoms. The normalized spacial score (nSPS) is 10.4. The summed E-state index contributed by atoms with van der Waals surface area (Å²) in [6.07, 6.45) is 3.17. The largest absolute Gasteiger partial charge is 0.478 e. The van der Waals surface area contributed by atoms with Crippen LogP contribution in [0.2, 0.25) is 0 Å². The molecule has 0 aliphatic carbocycles. The minimum Gasteiger partial charge on any atom is -0.478 e. The highest BCUT2D eigenvalue weighted by molar-refractivity contribution is 5.95. The van der Waals surface area contributed by atoms with Crippen LogP contribution in [0.3, 0.4) is 0 Å². The third kappa shape index (κ3) is 2.67. The van der Waals surface area contributed by atoms with Crippen molar-refractivity contribution in [1.82, 2.24) is 9.78 Å². The molecule has 3 rings (SSSR count). The Kier molecular flexibility index (Phi) is 3.57. The zero-order chi connectivity index (χ0) is 15.5. The fourth-order valence-electron chi connectivity index (χ4n) is 2.08. The number of carbonyl (C=O) groups is 1. The number of aromatic carboxylic acids is 1. The summed E-state index contributed by atoms with van der Waals surface area (Å²) < 4.78 is 15.5. The minimum absolute atomic E-state index is 0.0809. The van der Waals surface area contributed by atoms with Crippen LogP contribution in [0.1, 0.15) is 10.4 Å². The summed E-state index contributed by atoms with van der Waals surface area (Å²) in [6.45, 7) is 0. The van der Waals surface area contributed by atoms with Gasteiger partial charge in [-0.2, -0.15) is 5.10 Å². The number of hydrogen-bond acceptors (Lipinski definition) is 3. The monoisotopic (exact) mass is 297 g/mol. The maximum absolute atomic E-state index is 13.9. The number of para-hydroxylation sites is 2. The summed E-state index contributed by atoms with van der Waals surface area (Å²) in [5.74, 6) is -1.83. The standard InChI is InChI=1S/C16H12FN3O2/c17-14-8-4-7-13(16(21)22)15(14)19-11-9-18-20(10-11)12-5-2-1-3-6-12/h1-10,19H,(H,21,22). The lowest BCUT2D eigenvalue weighted by molar-refractivity contribution is 0.0697. The molecule has 0 spiro atoms. The number of halogens is 1. The van der Waals surface area contributed by atoms with Gasteiger partial charge in [0, 0.05) is 0 Å². The highest BCUT2D eigenvalue weighted by atomic mass is 19.1. The van der Waals surface area contributed by atoms with Crippen molar-refractivity contribution >= 4 is 17.3 Å². The third-order valence-corrected chi connectivity index (χ3v) is 3.12. The van der Waals surface area contributed by atoms with Gasteiger partial charge in [-0.3, -0.25) is 0 Å². The molecule has 2 N–H and O–H groups in total. The van der Waals surface area contributed by atoms with Crippen molar-refractivity contribution in [3.8, 4) is 5.69 Å². The molecule has 0 unspecified atom stereocenters. The van der Waals surface area contributed by atoms with Gasteiger partial charge < -0.3 is 10.4 Å². The first-order valence-corrected chi connectivity index (χ1v) is 6.54. The quantitative estimate of drug-likeness (QED) is 0.774. The van der Waals surface area contributed by atoms with Gasteiger partial charge in [0.1, 0.15) is 5.82 Å². The summed E-state index contributed by atoms with van der Waals surface area (Å²) >= 11 is 0. The molecule has 2 aromatic carbocycles. The van der Waals surface area contributed by atoms with Crippen molar-refractivity contribution in [3.05, 3.63) is 72.3 Å². The fourth-order valence-corrected chi connectivity index (χ4v) is 2.08. The Balaban J connectivity index is 1.92.